The van der Waals surface area contributed by atoms with Gasteiger partial charge in [0.2, 0.25) is 11.8 Å². The molecule has 3 saturated heterocycles. The molecule has 3 aromatic rings. The Hall–Kier alpha value is -4.47. The smallest absolute Gasteiger partial charge is 0.410 e. The maximum atomic E-state index is 14.1. The van der Waals surface area contributed by atoms with Crippen LogP contribution in [0.25, 0.3) is 0 Å². The molecule has 3 amide bonds. The van der Waals surface area contributed by atoms with Crippen molar-refractivity contribution in [2.45, 2.75) is 94.9 Å². The quantitative estimate of drug-likeness (QED) is 0.274. The lowest BCUT2D eigenvalue weighted by Crippen LogP contribution is -2.50. The third kappa shape index (κ3) is 9.72. The van der Waals surface area contributed by atoms with E-state index in [4.69, 9.17) is 14.1 Å². The van der Waals surface area contributed by atoms with Crippen LogP contribution in [0.5, 0.6) is 5.75 Å². The predicted molar refractivity (Wildman–Crippen MR) is 203 cm³/mol. The second kappa shape index (κ2) is 16.6. The zero-order valence-electron chi connectivity index (χ0n) is 31.8. The number of rotatable bonds is 8. The molecular weight excluding hydrogens is 750 g/mol. The Morgan fingerprint density at radius 1 is 0.768 bits per heavy atom. The Balaban J connectivity index is 1.11. The number of nitrogens with two attached hydrogens (primary N) is 1. The number of alkyl halides is 3. The minimum Gasteiger partial charge on any atom is -0.410 e. The molecule has 0 unspecified atom stereocenters. The number of likely N-dealkylation sites (tertiary alicyclic amines) is 3. The van der Waals surface area contributed by atoms with Crippen molar-refractivity contribution in [1.82, 2.24) is 14.7 Å². The zero-order chi connectivity index (χ0) is 40.4. The molecule has 3 heterocycles. The van der Waals surface area contributed by atoms with Gasteiger partial charge in [-0.2, -0.15) is 21.6 Å². The first-order chi connectivity index (χ1) is 26.4. The lowest BCUT2D eigenvalue weighted by atomic mass is 9.77. The number of ether oxygens (including phenoxy) is 1. The first-order valence-electron chi connectivity index (χ1n) is 19.0. The molecule has 0 aliphatic carbocycles. The number of para-hydroxylation sites is 1. The molecule has 0 radical (unpaired) electrons. The molecule has 2 atom stereocenters. The van der Waals surface area contributed by atoms with Crippen molar-refractivity contribution in [2.75, 3.05) is 32.7 Å². The van der Waals surface area contributed by atoms with Gasteiger partial charge in [0.05, 0.1) is 24.6 Å². The van der Waals surface area contributed by atoms with Gasteiger partial charge in [0.1, 0.15) is 11.8 Å². The van der Waals surface area contributed by atoms with E-state index in [0.29, 0.717) is 44.3 Å². The lowest BCUT2D eigenvalue weighted by Gasteiger charge is -2.37. The van der Waals surface area contributed by atoms with Gasteiger partial charge in [-0.05, 0) is 71.8 Å². The Bertz CT molecular complexity index is 2020. The van der Waals surface area contributed by atoms with E-state index in [0.717, 1.165) is 11.0 Å². The molecule has 15 heteroatoms. The van der Waals surface area contributed by atoms with Crippen LogP contribution in [0.15, 0.2) is 72.8 Å². The summed E-state index contributed by atoms with van der Waals surface area (Å²) in [6.45, 7) is 7.66. The van der Waals surface area contributed by atoms with Crippen molar-refractivity contribution in [3.05, 3.63) is 101 Å². The highest BCUT2D eigenvalue weighted by Crippen LogP contribution is 2.39. The van der Waals surface area contributed by atoms with Crippen LogP contribution >= 0.6 is 0 Å². The van der Waals surface area contributed by atoms with E-state index in [1.807, 2.05) is 12.1 Å². The van der Waals surface area contributed by atoms with Crippen molar-refractivity contribution >= 4 is 28.2 Å². The standard InChI is InChI=1S/C41H49F3N4O7S/c1-40(2,3)33-13-7-5-11-31(33)27-18-22-47(23-19-27)38(50)35-25-30(55-56(45,52)53)26-48(35)39(51)54-36-15-9-4-10-29(36)24-37(49)46-20-16-28(17-21-46)32-12-6-8-14-34(32)41(42,43)44/h4-15,27-28,30,35H,16-26H2,1-3H3,(H2,45,52,53)/t30-,35-/m1/s1. The van der Waals surface area contributed by atoms with Gasteiger partial charge < -0.3 is 14.5 Å². The summed E-state index contributed by atoms with van der Waals surface area (Å²) in [5.74, 6) is -0.649. The van der Waals surface area contributed by atoms with Crippen LogP contribution in [-0.2, 0) is 42.1 Å². The fraction of sp³-hybridized carbons (Fsp3) is 0.488. The van der Waals surface area contributed by atoms with Crippen molar-refractivity contribution in [1.29, 1.82) is 0 Å². The predicted octanol–water partition coefficient (Wildman–Crippen LogP) is 6.52. The van der Waals surface area contributed by atoms with Crippen LogP contribution < -0.4 is 9.88 Å². The summed E-state index contributed by atoms with van der Waals surface area (Å²) in [5, 5.41) is 5.17. The summed E-state index contributed by atoms with van der Waals surface area (Å²) in [6, 6.07) is 19.2. The summed E-state index contributed by atoms with van der Waals surface area (Å²) in [5.41, 5.74) is 2.43. The monoisotopic (exact) mass is 798 g/mol. The Morgan fingerprint density at radius 2 is 1.29 bits per heavy atom. The number of piperidine rings is 2. The number of carbonyl (C=O) groups excluding carboxylic acids is 3. The average molecular weight is 799 g/mol. The van der Waals surface area contributed by atoms with Crippen LogP contribution in [0.3, 0.4) is 0 Å². The van der Waals surface area contributed by atoms with Crippen molar-refractivity contribution in [3.63, 3.8) is 0 Å². The normalized spacial score (nSPS) is 20.3. The van der Waals surface area contributed by atoms with E-state index in [2.05, 4.69) is 32.9 Å². The average Bonchev–Trinajstić information content (AvgIpc) is 3.57. The molecule has 3 aromatic carbocycles. The van der Waals surface area contributed by atoms with Gasteiger partial charge >= 0.3 is 22.6 Å². The van der Waals surface area contributed by atoms with E-state index in [9.17, 15) is 36.0 Å². The molecule has 3 aliphatic heterocycles. The van der Waals surface area contributed by atoms with Crippen LogP contribution in [0, 0.1) is 0 Å². The van der Waals surface area contributed by atoms with Gasteiger partial charge in [-0.25, -0.2) is 9.93 Å². The summed E-state index contributed by atoms with van der Waals surface area (Å²) < 4.78 is 75.6. The molecule has 0 spiro atoms. The summed E-state index contributed by atoms with van der Waals surface area (Å²) in [7, 11) is -4.40. The Morgan fingerprint density at radius 3 is 1.86 bits per heavy atom. The van der Waals surface area contributed by atoms with E-state index in [1.165, 1.54) is 29.3 Å². The zero-order valence-corrected chi connectivity index (χ0v) is 32.7. The first-order valence-corrected chi connectivity index (χ1v) is 20.5. The van der Waals surface area contributed by atoms with Gasteiger partial charge in [-0.3, -0.25) is 18.7 Å². The Kier molecular flexibility index (Phi) is 12.2. The number of carbonyl (C=O) groups is 3. The molecule has 6 rings (SSSR count). The van der Waals surface area contributed by atoms with Gasteiger partial charge in [-0.15, -0.1) is 0 Å². The summed E-state index contributed by atoms with van der Waals surface area (Å²) in [6.07, 6.45) is -4.56. The molecule has 302 valence electrons. The summed E-state index contributed by atoms with van der Waals surface area (Å²) >= 11 is 0. The van der Waals surface area contributed by atoms with Gasteiger partial charge in [0.15, 0.2) is 0 Å². The van der Waals surface area contributed by atoms with E-state index < -0.39 is 40.3 Å². The summed E-state index contributed by atoms with van der Waals surface area (Å²) in [4.78, 5) is 45.8. The highest BCUT2D eigenvalue weighted by molar-refractivity contribution is 7.84. The van der Waals surface area contributed by atoms with Crippen molar-refractivity contribution in [3.8, 4) is 5.75 Å². The van der Waals surface area contributed by atoms with E-state index in [-0.39, 0.29) is 72.9 Å². The van der Waals surface area contributed by atoms with E-state index in [1.54, 1.807) is 34.1 Å². The number of hydrogen-bond acceptors (Lipinski definition) is 7. The topological polar surface area (TPSA) is 140 Å². The molecule has 0 aromatic heterocycles. The fourth-order valence-corrected chi connectivity index (χ4v) is 8.90. The maximum absolute atomic E-state index is 14.1. The molecule has 3 aliphatic rings. The molecule has 56 heavy (non-hydrogen) atoms. The van der Waals surface area contributed by atoms with Crippen molar-refractivity contribution < 1.29 is 44.9 Å². The molecule has 2 N–H and O–H groups in total. The minimum atomic E-state index is -4.47. The number of hydrogen-bond donors (Lipinski definition) is 1. The van der Waals surface area contributed by atoms with Gasteiger partial charge in [0, 0.05) is 38.2 Å². The second-order valence-corrected chi connectivity index (χ2v) is 17.1. The number of halogens is 3. The molecule has 0 bridgehead atoms. The number of nitrogens with zero attached hydrogens (tertiary/aromatic N) is 3. The molecule has 11 nitrogen and oxygen atoms in total. The molecular formula is C41H49F3N4O7S. The third-order valence-electron chi connectivity index (χ3n) is 11.1. The second-order valence-electron chi connectivity index (χ2n) is 15.9. The van der Waals surface area contributed by atoms with E-state index >= 15 is 0 Å². The van der Waals surface area contributed by atoms with Crippen LogP contribution in [0.4, 0.5) is 18.0 Å². The SMILES string of the molecule is CC(C)(C)c1ccccc1C1CCN(C(=O)[C@H]2C[C@@H](OS(N)(=O)=O)CN2C(=O)Oc2ccccc2CC(=O)N2CCC(c3ccccc3C(F)(F)F)CC2)CC1. The van der Waals surface area contributed by atoms with Gasteiger partial charge in [0.25, 0.3) is 0 Å². The lowest BCUT2D eigenvalue weighted by molar-refractivity contribution is -0.139. The number of benzene rings is 3. The molecule has 0 saturated carbocycles. The fourth-order valence-electron chi connectivity index (χ4n) is 8.38. The van der Waals surface area contributed by atoms with Gasteiger partial charge in [-0.1, -0.05) is 81.4 Å². The minimum absolute atomic E-state index is 0.0501. The maximum Gasteiger partial charge on any atom is 0.416 e. The third-order valence-corrected chi connectivity index (χ3v) is 11.7. The highest BCUT2D eigenvalue weighted by atomic mass is 32.2. The number of amides is 3. The highest BCUT2D eigenvalue weighted by Gasteiger charge is 2.45. The van der Waals surface area contributed by atoms with Crippen molar-refractivity contribution in [2.24, 2.45) is 5.14 Å². The largest absolute Gasteiger partial charge is 0.416 e. The van der Waals surface area contributed by atoms with Crippen LogP contribution in [-0.4, -0.2) is 85.9 Å². The Labute approximate surface area is 326 Å². The molecule has 3 fully saturated rings. The van der Waals surface area contributed by atoms with Crippen LogP contribution in [0.2, 0.25) is 0 Å². The van der Waals surface area contributed by atoms with Crippen LogP contribution in [0.1, 0.15) is 92.5 Å². The first kappa shape index (κ1) is 41.2.